The highest BCUT2D eigenvalue weighted by atomic mass is 16.5. The summed E-state index contributed by atoms with van der Waals surface area (Å²) in [7, 11) is 2.55. The zero-order valence-electron chi connectivity index (χ0n) is 17.0. The number of aryl methyl sites for hydroxylation is 1. The fourth-order valence-corrected chi connectivity index (χ4v) is 3.44. The maximum atomic E-state index is 12.6. The van der Waals surface area contributed by atoms with E-state index in [-0.39, 0.29) is 30.6 Å². The Morgan fingerprint density at radius 1 is 1.18 bits per heavy atom. The Morgan fingerprint density at radius 3 is 2.46 bits per heavy atom. The highest BCUT2D eigenvalue weighted by molar-refractivity contribution is 6.05. The molecule has 0 fully saturated rings. The number of methoxy groups -OCH3 is 2. The minimum absolute atomic E-state index is 0.0257. The Balaban J connectivity index is 2.32. The van der Waals surface area contributed by atoms with Gasteiger partial charge in [-0.2, -0.15) is 0 Å². The van der Waals surface area contributed by atoms with Crippen LogP contribution in [0.15, 0.2) is 23.7 Å². The van der Waals surface area contributed by atoms with E-state index in [1.54, 1.807) is 11.2 Å². The molecule has 1 aromatic heterocycles. The van der Waals surface area contributed by atoms with Gasteiger partial charge in [-0.05, 0) is 44.9 Å². The summed E-state index contributed by atoms with van der Waals surface area (Å²) in [6.45, 7) is 8.19. The second-order valence-electron chi connectivity index (χ2n) is 7.00. The van der Waals surface area contributed by atoms with E-state index in [0.29, 0.717) is 0 Å². The van der Waals surface area contributed by atoms with Crippen LogP contribution in [0.3, 0.4) is 0 Å². The Kier molecular flexibility index (Phi) is 5.42. The van der Waals surface area contributed by atoms with Crippen LogP contribution in [0.25, 0.3) is 11.0 Å². The number of carbonyl (C=O) groups is 2. The standard InChI is InChI=1S/C20H25N3O5/c1-11(2)22-9-21-16-15(22)7-12(3)13(4)17(16)23-10-28-8-14(19(24)26-5)18(23)20(25)27-6/h7,9,11H,8,10H2,1-6H3. The number of nitrogens with zero attached hydrogens (tertiary/aromatic N) is 3. The van der Waals surface area contributed by atoms with E-state index in [1.165, 1.54) is 14.2 Å². The summed E-state index contributed by atoms with van der Waals surface area (Å²) in [4.78, 5) is 31.1. The van der Waals surface area contributed by atoms with Crippen molar-refractivity contribution in [2.75, 3.05) is 32.5 Å². The molecular weight excluding hydrogens is 362 g/mol. The molecule has 0 bridgehead atoms. The number of imidazole rings is 1. The zero-order chi connectivity index (χ0) is 20.6. The molecular formula is C20H25N3O5. The van der Waals surface area contributed by atoms with Gasteiger partial charge in [0.15, 0.2) is 0 Å². The molecule has 2 aromatic rings. The molecule has 2 heterocycles. The molecule has 1 aromatic carbocycles. The molecule has 0 saturated heterocycles. The summed E-state index contributed by atoms with van der Waals surface area (Å²) >= 11 is 0. The number of hydrogen-bond acceptors (Lipinski definition) is 7. The van der Waals surface area contributed by atoms with E-state index in [9.17, 15) is 9.59 Å². The Morgan fingerprint density at radius 2 is 1.86 bits per heavy atom. The zero-order valence-corrected chi connectivity index (χ0v) is 17.0. The largest absolute Gasteiger partial charge is 0.466 e. The predicted molar refractivity (Wildman–Crippen MR) is 104 cm³/mol. The van der Waals surface area contributed by atoms with Crippen LogP contribution in [-0.2, 0) is 23.8 Å². The van der Waals surface area contributed by atoms with E-state index in [2.05, 4.69) is 29.5 Å². The van der Waals surface area contributed by atoms with Gasteiger partial charge in [0.05, 0.1) is 43.9 Å². The van der Waals surface area contributed by atoms with Crippen molar-refractivity contribution in [3.05, 3.63) is 34.8 Å². The highest BCUT2D eigenvalue weighted by Crippen LogP contribution is 2.37. The first kappa shape index (κ1) is 19.9. The van der Waals surface area contributed by atoms with Crippen LogP contribution in [0.2, 0.25) is 0 Å². The summed E-state index contributed by atoms with van der Waals surface area (Å²) in [6, 6.07) is 2.30. The smallest absolute Gasteiger partial charge is 0.355 e. The summed E-state index contributed by atoms with van der Waals surface area (Å²) in [5.74, 6) is -1.25. The maximum absolute atomic E-state index is 12.6. The topological polar surface area (TPSA) is 82.9 Å². The second-order valence-corrected chi connectivity index (χ2v) is 7.00. The molecule has 0 unspecified atom stereocenters. The van der Waals surface area contributed by atoms with Crippen LogP contribution >= 0.6 is 0 Å². The summed E-state index contributed by atoms with van der Waals surface area (Å²) in [5.41, 5.74) is 4.62. The normalized spacial score (nSPS) is 14.8. The molecule has 0 radical (unpaired) electrons. The first-order valence-corrected chi connectivity index (χ1v) is 9.03. The lowest BCUT2D eigenvalue weighted by Crippen LogP contribution is -2.39. The van der Waals surface area contributed by atoms with Crippen molar-refractivity contribution in [3.63, 3.8) is 0 Å². The monoisotopic (exact) mass is 387 g/mol. The third-order valence-corrected chi connectivity index (χ3v) is 5.02. The molecule has 0 saturated carbocycles. The quantitative estimate of drug-likeness (QED) is 0.746. The number of ether oxygens (including phenoxy) is 3. The summed E-state index contributed by atoms with van der Waals surface area (Å²) < 4.78 is 17.5. The van der Waals surface area contributed by atoms with Crippen molar-refractivity contribution in [1.82, 2.24) is 9.55 Å². The highest BCUT2D eigenvalue weighted by Gasteiger charge is 2.34. The van der Waals surface area contributed by atoms with Crippen molar-refractivity contribution >= 4 is 28.7 Å². The maximum Gasteiger partial charge on any atom is 0.355 e. The summed E-state index contributed by atoms with van der Waals surface area (Å²) in [5, 5.41) is 0. The number of hydrogen-bond donors (Lipinski definition) is 0. The second kappa shape index (κ2) is 7.63. The van der Waals surface area contributed by atoms with Crippen molar-refractivity contribution in [1.29, 1.82) is 0 Å². The number of fused-ring (bicyclic) bond motifs is 1. The molecule has 28 heavy (non-hydrogen) atoms. The van der Waals surface area contributed by atoms with Gasteiger partial charge in [0.1, 0.15) is 17.9 Å². The Hall–Kier alpha value is -2.87. The number of rotatable bonds is 4. The van der Waals surface area contributed by atoms with Gasteiger partial charge < -0.3 is 23.7 Å². The first-order valence-electron chi connectivity index (χ1n) is 9.03. The number of benzene rings is 1. The minimum atomic E-state index is -0.626. The van der Waals surface area contributed by atoms with Crippen LogP contribution < -0.4 is 4.90 Å². The lowest BCUT2D eigenvalue weighted by molar-refractivity contribution is -0.140. The van der Waals surface area contributed by atoms with Crippen molar-refractivity contribution < 1.29 is 23.8 Å². The Labute approximate surface area is 163 Å². The average molecular weight is 387 g/mol. The van der Waals surface area contributed by atoms with E-state index in [0.717, 1.165) is 27.8 Å². The minimum Gasteiger partial charge on any atom is -0.466 e. The molecule has 1 aliphatic rings. The molecule has 0 aliphatic carbocycles. The van der Waals surface area contributed by atoms with E-state index in [1.807, 2.05) is 13.8 Å². The average Bonchev–Trinajstić information content (AvgIpc) is 3.10. The van der Waals surface area contributed by atoms with Crippen molar-refractivity contribution in [3.8, 4) is 0 Å². The molecule has 0 amide bonds. The molecule has 3 rings (SSSR count). The molecule has 0 N–H and O–H groups in total. The molecule has 1 aliphatic heterocycles. The van der Waals surface area contributed by atoms with Gasteiger partial charge in [0, 0.05) is 6.04 Å². The molecule has 150 valence electrons. The predicted octanol–water partition coefficient (Wildman–Crippen LogP) is 2.63. The molecule has 8 nitrogen and oxygen atoms in total. The third kappa shape index (κ3) is 3.13. The van der Waals surface area contributed by atoms with Gasteiger partial charge in [-0.3, -0.25) is 0 Å². The number of anilines is 1. The van der Waals surface area contributed by atoms with Gasteiger partial charge in [0.2, 0.25) is 0 Å². The lowest BCUT2D eigenvalue weighted by Gasteiger charge is -2.32. The molecule has 0 spiro atoms. The molecule has 0 atom stereocenters. The van der Waals surface area contributed by atoms with Crippen LogP contribution in [0, 0.1) is 13.8 Å². The van der Waals surface area contributed by atoms with Gasteiger partial charge in [-0.1, -0.05) is 0 Å². The first-order chi connectivity index (χ1) is 13.3. The van der Waals surface area contributed by atoms with Crippen molar-refractivity contribution in [2.24, 2.45) is 0 Å². The third-order valence-electron chi connectivity index (χ3n) is 5.02. The van der Waals surface area contributed by atoms with Crippen LogP contribution in [0.5, 0.6) is 0 Å². The number of aromatic nitrogens is 2. The van der Waals surface area contributed by atoms with E-state index < -0.39 is 11.9 Å². The fraction of sp³-hybridized carbons (Fsp3) is 0.450. The Bertz CT molecular complexity index is 974. The van der Waals surface area contributed by atoms with Gasteiger partial charge in [-0.15, -0.1) is 0 Å². The lowest BCUT2D eigenvalue weighted by atomic mass is 10.0. The fourth-order valence-electron chi connectivity index (χ4n) is 3.44. The van der Waals surface area contributed by atoms with Gasteiger partial charge >= 0.3 is 11.9 Å². The van der Waals surface area contributed by atoms with Gasteiger partial charge in [0.25, 0.3) is 0 Å². The van der Waals surface area contributed by atoms with Crippen LogP contribution in [-0.4, -0.2) is 49.0 Å². The van der Waals surface area contributed by atoms with E-state index in [4.69, 9.17) is 14.2 Å². The van der Waals surface area contributed by atoms with Crippen LogP contribution in [0.1, 0.15) is 31.0 Å². The van der Waals surface area contributed by atoms with Crippen molar-refractivity contribution in [2.45, 2.75) is 33.7 Å². The van der Waals surface area contributed by atoms with E-state index >= 15 is 0 Å². The SMILES string of the molecule is COC(=O)C1=C(C(=O)OC)N(c2c(C)c(C)cc3c2ncn3C(C)C)COC1. The van der Waals surface area contributed by atoms with Gasteiger partial charge in [-0.25, -0.2) is 14.6 Å². The number of esters is 2. The number of carbonyl (C=O) groups excluding carboxylic acids is 2. The molecule has 8 heteroatoms. The summed E-state index contributed by atoms with van der Waals surface area (Å²) in [6.07, 6.45) is 1.78. The van der Waals surface area contributed by atoms with Crippen LogP contribution in [0.4, 0.5) is 5.69 Å².